The molecule has 0 radical (unpaired) electrons. The highest BCUT2D eigenvalue weighted by atomic mass is 31.2. The molecule has 11 heteroatoms. The summed E-state index contributed by atoms with van der Waals surface area (Å²) in [7, 11) is -7.03. The standard InChI is InChI=1S/C27H43NO8P2/c1-5-33-37(31,34-6-2)21-25(29)19-28(20-26(30)22-38(32,35-7-3)36-8-4)27(23-15-11-9-12-16-23)24-17-13-10-14-18-24/h9-18,25-27,29-30H,5-8,19-22H2,1-4H3/t25-,26-/m0/s1. The molecule has 0 amide bonds. The Morgan fingerprint density at radius 1 is 0.632 bits per heavy atom. The molecule has 2 aromatic rings. The third-order valence-corrected chi connectivity index (χ3v) is 10.0. The van der Waals surface area contributed by atoms with Gasteiger partial charge < -0.3 is 28.3 Å². The highest BCUT2D eigenvalue weighted by Crippen LogP contribution is 2.50. The maximum absolute atomic E-state index is 13.1. The first-order valence-electron chi connectivity index (χ1n) is 13.1. The Bertz CT molecular complexity index is 911. The average molecular weight is 572 g/mol. The first-order valence-corrected chi connectivity index (χ1v) is 16.6. The van der Waals surface area contributed by atoms with Gasteiger partial charge in [-0.2, -0.15) is 0 Å². The van der Waals surface area contributed by atoms with Crippen molar-refractivity contribution in [2.45, 2.75) is 45.9 Å². The van der Waals surface area contributed by atoms with Crippen molar-refractivity contribution in [2.24, 2.45) is 0 Å². The van der Waals surface area contributed by atoms with Crippen LogP contribution in [0.5, 0.6) is 0 Å². The second-order valence-electron chi connectivity index (χ2n) is 8.74. The van der Waals surface area contributed by atoms with Gasteiger partial charge in [-0.05, 0) is 38.8 Å². The largest absolute Gasteiger partial charge is 0.391 e. The van der Waals surface area contributed by atoms with Crippen molar-refractivity contribution < 1.29 is 37.4 Å². The summed E-state index contributed by atoms with van der Waals surface area (Å²) >= 11 is 0. The molecule has 2 atom stereocenters. The molecular weight excluding hydrogens is 528 g/mol. The fourth-order valence-corrected chi connectivity index (χ4v) is 7.82. The van der Waals surface area contributed by atoms with Crippen LogP contribution in [0.15, 0.2) is 60.7 Å². The van der Waals surface area contributed by atoms with Crippen LogP contribution >= 0.6 is 15.2 Å². The van der Waals surface area contributed by atoms with Gasteiger partial charge in [0.05, 0.1) is 57.0 Å². The van der Waals surface area contributed by atoms with Crippen molar-refractivity contribution in [3.63, 3.8) is 0 Å². The van der Waals surface area contributed by atoms with Gasteiger partial charge in [0, 0.05) is 13.1 Å². The minimum atomic E-state index is -3.52. The monoisotopic (exact) mass is 571 g/mol. The van der Waals surface area contributed by atoms with Crippen LogP contribution in [0, 0.1) is 0 Å². The van der Waals surface area contributed by atoms with Crippen molar-refractivity contribution >= 4 is 15.2 Å². The summed E-state index contributed by atoms with van der Waals surface area (Å²) < 4.78 is 47.8. The van der Waals surface area contributed by atoms with Crippen LogP contribution in [0.4, 0.5) is 0 Å². The summed E-state index contributed by atoms with van der Waals surface area (Å²) in [6, 6.07) is 19.1. The number of benzene rings is 2. The molecule has 0 saturated carbocycles. The normalized spacial score (nSPS) is 14.2. The van der Waals surface area contributed by atoms with Gasteiger partial charge in [0.2, 0.25) is 0 Å². The maximum atomic E-state index is 13.1. The predicted octanol–water partition coefficient (Wildman–Crippen LogP) is 5.33. The Balaban J connectivity index is 2.42. The van der Waals surface area contributed by atoms with Gasteiger partial charge in [0.25, 0.3) is 0 Å². The fourth-order valence-electron chi connectivity index (χ4n) is 4.42. The zero-order valence-electron chi connectivity index (χ0n) is 22.8. The Hall–Kier alpha value is -1.38. The quantitative estimate of drug-likeness (QED) is 0.216. The van der Waals surface area contributed by atoms with Crippen molar-refractivity contribution in [1.82, 2.24) is 4.90 Å². The number of hydrogen-bond donors (Lipinski definition) is 2. The number of nitrogens with zero attached hydrogens (tertiary/aromatic N) is 1. The summed E-state index contributed by atoms with van der Waals surface area (Å²) in [5.74, 6) is 0. The summed E-state index contributed by atoms with van der Waals surface area (Å²) in [6.07, 6.45) is -2.58. The van der Waals surface area contributed by atoms with Crippen molar-refractivity contribution in [3.8, 4) is 0 Å². The SMILES string of the molecule is CCOP(=O)(C[C@@H](O)CN(C[C@H](O)CP(=O)(OCC)OCC)C(c1ccccc1)c1ccccc1)OCC. The molecule has 0 aromatic heterocycles. The van der Waals surface area contributed by atoms with Gasteiger partial charge in [0.15, 0.2) is 0 Å². The summed E-state index contributed by atoms with van der Waals surface area (Å²) in [4.78, 5) is 1.89. The Kier molecular flexibility index (Phi) is 14.4. The molecule has 214 valence electrons. The molecule has 0 fully saturated rings. The Morgan fingerprint density at radius 2 is 0.947 bits per heavy atom. The third kappa shape index (κ3) is 10.6. The lowest BCUT2D eigenvalue weighted by Crippen LogP contribution is -2.43. The van der Waals surface area contributed by atoms with Gasteiger partial charge in [0.1, 0.15) is 0 Å². The van der Waals surface area contributed by atoms with Gasteiger partial charge in [-0.15, -0.1) is 0 Å². The molecule has 9 nitrogen and oxygen atoms in total. The van der Waals surface area contributed by atoms with Crippen LogP contribution < -0.4 is 0 Å². The van der Waals surface area contributed by atoms with Gasteiger partial charge >= 0.3 is 15.2 Å². The topological polar surface area (TPSA) is 115 Å². The smallest absolute Gasteiger partial charge is 0.333 e. The number of aliphatic hydroxyl groups is 2. The molecule has 2 rings (SSSR count). The van der Waals surface area contributed by atoms with E-state index >= 15 is 0 Å². The van der Waals surface area contributed by atoms with Gasteiger partial charge in [-0.1, -0.05) is 60.7 Å². The zero-order chi connectivity index (χ0) is 28.0. The van der Waals surface area contributed by atoms with Crippen molar-refractivity contribution in [2.75, 3.05) is 51.8 Å². The molecule has 0 spiro atoms. The number of hydrogen-bond acceptors (Lipinski definition) is 9. The Labute approximate surface area is 227 Å². The highest BCUT2D eigenvalue weighted by molar-refractivity contribution is 7.54. The van der Waals surface area contributed by atoms with E-state index in [1.54, 1.807) is 27.7 Å². The van der Waals surface area contributed by atoms with E-state index in [9.17, 15) is 19.3 Å². The molecule has 0 aliphatic rings. The lowest BCUT2D eigenvalue weighted by Gasteiger charge is -2.36. The molecular formula is C27H43NO8P2. The minimum absolute atomic E-state index is 0.0449. The van der Waals surface area contributed by atoms with E-state index < -0.39 is 27.4 Å². The van der Waals surface area contributed by atoms with Crippen LogP contribution in [0.2, 0.25) is 0 Å². The summed E-state index contributed by atoms with van der Waals surface area (Å²) in [5, 5.41) is 22.2. The first-order chi connectivity index (χ1) is 18.2. The van der Waals surface area contributed by atoms with E-state index in [1.807, 2.05) is 65.6 Å². The number of aliphatic hydroxyl groups excluding tert-OH is 2. The molecule has 0 saturated heterocycles. The first kappa shape index (κ1) is 32.8. The van der Waals surface area contributed by atoms with Gasteiger partial charge in [-0.3, -0.25) is 14.0 Å². The van der Waals surface area contributed by atoms with Crippen LogP contribution in [-0.4, -0.2) is 79.2 Å². The molecule has 0 aliphatic carbocycles. The highest BCUT2D eigenvalue weighted by Gasteiger charge is 2.34. The third-order valence-electron chi connectivity index (χ3n) is 5.66. The van der Waals surface area contributed by atoms with E-state index in [-0.39, 0.29) is 57.9 Å². The number of rotatable bonds is 19. The summed E-state index contributed by atoms with van der Waals surface area (Å²) in [6.45, 7) is 7.72. The van der Waals surface area contributed by atoms with E-state index in [1.165, 1.54) is 0 Å². The molecule has 2 aromatic carbocycles. The van der Waals surface area contributed by atoms with E-state index in [0.29, 0.717) is 0 Å². The molecule has 2 N–H and O–H groups in total. The summed E-state index contributed by atoms with van der Waals surface area (Å²) in [5.41, 5.74) is 1.88. The predicted molar refractivity (Wildman–Crippen MR) is 150 cm³/mol. The average Bonchev–Trinajstić information content (AvgIpc) is 2.85. The molecule has 0 bridgehead atoms. The van der Waals surface area contributed by atoms with Crippen LogP contribution in [0.25, 0.3) is 0 Å². The molecule has 38 heavy (non-hydrogen) atoms. The van der Waals surface area contributed by atoms with Crippen LogP contribution in [0.1, 0.15) is 44.9 Å². The molecule has 0 aliphatic heterocycles. The van der Waals surface area contributed by atoms with Gasteiger partial charge in [-0.25, -0.2) is 0 Å². The van der Waals surface area contributed by atoms with Crippen LogP contribution in [-0.2, 0) is 27.2 Å². The van der Waals surface area contributed by atoms with Crippen molar-refractivity contribution in [1.29, 1.82) is 0 Å². The maximum Gasteiger partial charge on any atom is 0.333 e. The Morgan fingerprint density at radius 3 is 1.24 bits per heavy atom. The second kappa shape index (κ2) is 16.7. The molecule has 0 unspecified atom stereocenters. The van der Waals surface area contributed by atoms with Crippen molar-refractivity contribution in [3.05, 3.63) is 71.8 Å². The molecule has 0 heterocycles. The lowest BCUT2D eigenvalue weighted by atomic mass is 9.96. The van der Waals surface area contributed by atoms with E-state index in [4.69, 9.17) is 18.1 Å². The lowest BCUT2D eigenvalue weighted by molar-refractivity contribution is 0.0627. The van der Waals surface area contributed by atoms with Crippen LogP contribution in [0.3, 0.4) is 0 Å². The van der Waals surface area contributed by atoms with E-state index in [0.717, 1.165) is 11.1 Å². The second-order valence-corrected chi connectivity index (χ2v) is 13.0. The zero-order valence-corrected chi connectivity index (χ0v) is 24.6. The minimum Gasteiger partial charge on any atom is -0.391 e. The van der Waals surface area contributed by atoms with E-state index in [2.05, 4.69) is 0 Å². The fraction of sp³-hybridized carbons (Fsp3) is 0.556.